The zero-order valence-corrected chi connectivity index (χ0v) is 28.8. The van der Waals surface area contributed by atoms with Crippen LogP contribution in [0, 0.1) is 25.7 Å². The van der Waals surface area contributed by atoms with E-state index in [2.05, 4.69) is 15.8 Å². The van der Waals surface area contributed by atoms with Crippen LogP contribution in [-0.2, 0) is 9.53 Å². The summed E-state index contributed by atoms with van der Waals surface area (Å²) in [6, 6.07) is 4.41. The number of carbonyl (C=O) groups is 3. The number of nitrogens with zero attached hydrogens (tertiary/aromatic N) is 3. The molecule has 1 aromatic carbocycles. The van der Waals surface area contributed by atoms with Crippen molar-refractivity contribution >= 4 is 29.2 Å². The predicted molar refractivity (Wildman–Crippen MR) is 180 cm³/mol. The largest absolute Gasteiger partial charge is 0.490 e. The molecular weight excluding hydrogens is 602 g/mol. The number of nitrogens with one attached hydrogen (secondary N) is 2. The Kier molecular flexibility index (Phi) is 13.1. The van der Waals surface area contributed by atoms with Crippen LogP contribution in [0.2, 0.25) is 0 Å². The highest BCUT2D eigenvalue weighted by atomic mass is 16.5. The summed E-state index contributed by atoms with van der Waals surface area (Å²) in [5.74, 6) is 0.398. The molecule has 0 spiro atoms. The van der Waals surface area contributed by atoms with E-state index in [-0.39, 0.29) is 55.5 Å². The molecule has 2 heterocycles. The summed E-state index contributed by atoms with van der Waals surface area (Å²) < 4.78 is 17.9. The highest BCUT2D eigenvalue weighted by Gasteiger charge is 2.31. The van der Waals surface area contributed by atoms with Gasteiger partial charge in [-0.2, -0.15) is 0 Å². The molecule has 2 aromatic rings. The van der Waals surface area contributed by atoms with E-state index in [0.29, 0.717) is 40.7 Å². The number of likely N-dealkylation sites (N-methyl/N-ethyl adjacent to an activating group) is 1. The zero-order valence-electron chi connectivity index (χ0n) is 28.8. The van der Waals surface area contributed by atoms with Gasteiger partial charge >= 0.3 is 6.03 Å². The minimum absolute atomic E-state index is 0.0241. The quantitative estimate of drug-likeness (QED) is 0.341. The molecule has 1 aromatic heterocycles. The highest BCUT2D eigenvalue weighted by Crippen LogP contribution is 2.30. The zero-order chi connectivity index (χ0) is 34.1. The maximum absolute atomic E-state index is 14.4. The third kappa shape index (κ3) is 9.70. The van der Waals surface area contributed by atoms with E-state index in [1.54, 1.807) is 55.8 Å². The first-order chi connectivity index (χ1) is 22.5. The van der Waals surface area contributed by atoms with E-state index < -0.39 is 12.1 Å². The number of fused-ring (bicyclic) bond motifs is 1. The minimum Gasteiger partial charge on any atom is -0.490 e. The van der Waals surface area contributed by atoms with Crippen molar-refractivity contribution in [2.75, 3.05) is 44.0 Å². The molecule has 0 saturated heterocycles. The van der Waals surface area contributed by atoms with Crippen molar-refractivity contribution in [3.63, 3.8) is 0 Å². The number of urea groups is 1. The lowest BCUT2D eigenvalue weighted by molar-refractivity contribution is -0.120. The van der Waals surface area contributed by atoms with Gasteiger partial charge in [0, 0.05) is 44.3 Å². The predicted octanol–water partition coefficient (Wildman–Crippen LogP) is 5.77. The van der Waals surface area contributed by atoms with Gasteiger partial charge in [0.2, 0.25) is 5.91 Å². The molecule has 4 amide bonds. The Morgan fingerprint density at radius 1 is 1.09 bits per heavy atom. The van der Waals surface area contributed by atoms with Gasteiger partial charge in [-0.25, -0.2) is 4.79 Å². The fraction of sp³-hybridized carbons (Fsp3) is 0.657. The van der Waals surface area contributed by atoms with E-state index in [9.17, 15) is 19.5 Å². The number of aryl methyl sites for hydroxylation is 2. The number of benzene rings is 1. The monoisotopic (exact) mass is 655 g/mol. The number of anilines is 2. The van der Waals surface area contributed by atoms with E-state index in [0.717, 1.165) is 51.4 Å². The molecule has 12 nitrogen and oxygen atoms in total. The molecule has 0 unspecified atom stereocenters. The molecular formula is C35H53N5O7. The number of rotatable bonds is 7. The summed E-state index contributed by atoms with van der Waals surface area (Å²) in [5, 5.41) is 20.1. The van der Waals surface area contributed by atoms with E-state index >= 15 is 0 Å². The molecule has 0 radical (unpaired) electrons. The standard InChI is InChI=1S/C35H53N5O7/c1-22-19-40(23(2)21-41)34(43)29-18-28(36-33(42)27-13-8-7-9-14-27)15-16-30(29)46-24(3)12-10-11-17-45-31(22)20-39(6)35(44)37-32-25(4)38-47-26(32)5/h15-16,18,22-24,27,31,41H,7-14,17,19-21H2,1-6H3,(H,36,42)(H,37,44)/t22-,23-,24-,31+/m1/s1. The second-order valence-corrected chi connectivity index (χ2v) is 13.3. The van der Waals surface area contributed by atoms with Crippen molar-refractivity contribution in [1.29, 1.82) is 0 Å². The summed E-state index contributed by atoms with van der Waals surface area (Å²) in [7, 11) is 1.70. The molecule has 2 aliphatic rings. The summed E-state index contributed by atoms with van der Waals surface area (Å²) in [6.07, 6.45) is 6.86. The van der Waals surface area contributed by atoms with Crippen LogP contribution in [0.25, 0.3) is 0 Å². The van der Waals surface area contributed by atoms with Crippen LogP contribution in [0.5, 0.6) is 5.75 Å². The second-order valence-electron chi connectivity index (χ2n) is 13.3. The number of hydrogen-bond acceptors (Lipinski definition) is 8. The Labute approximate surface area is 278 Å². The SMILES string of the molecule is Cc1noc(C)c1NC(=O)N(C)C[C@@H]1OCCCC[C@@H](C)Oc2ccc(NC(=O)C3CCCCC3)cc2C(=O)N([C@H](C)CO)C[C@H]1C. The van der Waals surface area contributed by atoms with Gasteiger partial charge in [-0.1, -0.05) is 31.3 Å². The van der Waals surface area contributed by atoms with Crippen LogP contribution >= 0.6 is 0 Å². The topological polar surface area (TPSA) is 146 Å². The molecule has 1 aliphatic heterocycles. The smallest absolute Gasteiger partial charge is 0.321 e. The molecule has 1 fully saturated rings. The van der Waals surface area contributed by atoms with Gasteiger partial charge in [-0.3, -0.25) is 9.59 Å². The van der Waals surface area contributed by atoms with Crippen molar-refractivity contribution in [3.8, 4) is 5.75 Å². The maximum Gasteiger partial charge on any atom is 0.321 e. The van der Waals surface area contributed by atoms with Gasteiger partial charge in [-0.15, -0.1) is 0 Å². The number of aliphatic hydroxyl groups excluding tert-OH is 1. The van der Waals surface area contributed by atoms with E-state index in [1.807, 2.05) is 13.8 Å². The van der Waals surface area contributed by atoms with E-state index in [4.69, 9.17) is 14.0 Å². The lowest BCUT2D eigenvalue weighted by Crippen LogP contribution is -2.48. The second kappa shape index (κ2) is 17.0. The summed E-state index contributed by atoms with van der Waals surface area (Å²) >= 11 is 0. The first-order valence-electron chi connectivity index (χ1n) is 17.1. The Hall–Kier alpha value is -3.64. The molecule has 260 valence electrons. The summed E-state index contributed by atoms with van der Waals surface area (Å²) in [6.45, 7) is 10.1. The van der Waals surface area contributed by atoms with Crippen molar-refractivity contribution in [3.05, 3.63) is 35.2 Å². The van der Waals surface area contributed by atoms with Crippen LogP contribution in [0.15, 0.2) is 22.7 Å². The molecule has 1 aliphatic carbocycles. The first kappa shape index (κ1) is 36.2. The summed E-state index contributed by atoms with van der Waals surface area (Å²) in [5.41, 5.74) is 2.01. The number of aromatic nitrogens is 1. The van der Waals surface area contributed by atoms with Crippen LogP contribution in [0.4, 0.5) is 16.2 Å². The molecule has 47 heavy (non-hydrogen) atoms. The first-order valence-corrected chi connectivity index (χ1v) is 17.1. The summed E-state index contributed by atoms with van der Waals surface area (Å²) in [4.78, 5) is 43.8. The number of carbonyl (C=O) groups excluding carboxylic acids is 3. The maximum atomic E-state index is 14.4. The van der Waals surface area contributed by atoms with Gasteiger partial charge in [0.05, 0.1) is 30.4 Å². The van der Waals surface area contributed by atoms with Crippen molar-refractivity contribution in [2.24, 2.45) is 11.8 Å². The fourth-order valence-electron chi connectivity index (χ4n) is 6.29. The Morgan fingerprint density at radius 3 is 2.49 bits per heavy atom. The Morgan fingerprint density at radius 2 is 1.81 bits per heavy atom. The van der Waals surface area contributed by atoms with Gasteiger partial charge in [-0.05, 0) is 78.0 Å². The van der Waals surface area contributed by atoms with E-state index in [1.165, 1.54) is 0 Å². The number of ether oxygens (including phenoxy) is 2. The van der Waals surface area contributed by atoms with Crippen molar-refractivity contribution < 1.29 is 33.5 Å². The average Bonchev–Trinajstić information content (AvgIpc) is 3.38. The van der Waals surface area contributed by atoms with Crippen molar-refractivity contribution in [1.82, 2.24) is 15.0 Å². The Bertz CT molecular complexity index is 1340. The number of aliphatic hydroxyl groups is 1. The highest BCUT2D eigenvalue weighted by molar-refractivity contribution is 6.00. The fourth-order valence-corrected chi connectivity index (χ4v) is 6.29. The van der Waals surface area contributed by atoms with Gasteiger partial charge in [0.1, 0.15) is 17.1 Å². The third-order valence-electron chi connectivity index (χ3n) is 9.36. The molecule has 1 saturated carbocycles. The van der Waals surface area contributed by atoms with Gasteiger partial charge in [0.25, 0.3) is 5.91 Å². The Balaban J connectivity index is 1.58. The molecule has 3 N–H and O–H groups in total. The van der Waals surface area contributed by atoms with Crippen molar-refractivity contribution in [2.45, 2.75) is 104 Å². The van der Waals surface area contributed by atoms with Crippen LogP contribution in [0.1, 0.15) is 93.9 Å². The minimum atomic E-state index is -0.509. The molecule has 0 bridgehead atoms. The molecule has 12 heteroatoms. The van der Waals surface area contributed by atoms with Crippen LogP contribution in [0.3, 0.4) is 0 Å². The number of hydrogen-bond donors (Lipinski definition) is 3. The molecule has 4 atom stereocenters. The number of amides is 4. The van der Waals surface area contributed by atoms with Crippen LogP contribution < -0.4 is 15.4 Å². The lowest BCUT2D eigenvalue weighted by atomic mass is 9.88. The molecule has 4 rings (SSSR count). The van der Waals surface area contributed by atoms with Crippen LogP contribution in [-0.4, -0.2) is 89.5 Å². The lowest BCUT2D eigenvalue weighted by Gasteiger charge is -2.35. The normalized spacial score (nSPS) is 22.4. The average molecular weight is 656 g/mol. The third-order valence-corrected chi connectivity index (χ3v) is 9.36. The van der Waals surface area contributed by atoms with Gasteiger partial charge < -0.3 is 39.5 Å². The van der Waals surface area contributed by atoms with Gasteiger partial charge in [0.15, 0.2) is 5.76 Å².